The van der Waals surface area contributed by atoms with Crippen LogP contribution in [0.3, 0.4) is 0 Å². The monoisotopic (exact) mass is 307 g/mol. The van der Waals surface area contributed by atoms with Crippen LogP contribution in [0.2, 0.25) is 5.02 Å². The maximum Gasteiger partial charge on any atom is 0.133 e. The summed E-state index contributed by atoms with van der Waals surface area (Å²) in [5.74, 6) is 1.22. The van der Waals surface area contributed by atoms with E-state index in [4.69, 9.17) is 23.2 Å². The van der Waals surface area contributed by atoms with E-state index < -0.39 is 0 Å². The summed E-state index contributed by atoms with van der Waals surface area (Å²) in [7, 11) is 2.11. The quantitative estimate of drug-likeness (QED) is 0.780. The van der Waals surface area contributed by atoms with Crippen molar-refractivity contribution in [2.75, 3.05) is 29.9 Å². The van der Waals surface area contributed by atoms with Gasteiger partial charge < -0.3 is 9.80 Å². The van der Waals surface area contributed by atoms with Crippen LogP contribution in [0.5, 0.6) is 0 Å². The number of hydrogen-bond donors (Lipinski definition) is 0. The number of alkyl halides is 1. The molecule has 0 bridgehead atoms. The Morgan fingerprint density at radius 3 is 2.60 bits per heavy atom. The van der Waals surface area contributed by atoms with Crippen molar-refractivity contribution in [1.29, 1.82) is 0 Å². The first kappa shape index (κ1) is 13.5. The highest BCUT2D eigenvalue weighted by molar-refractivity contribution is 6.32. The average molecular weight is 308 g/mol. The van der Waals surface area contributed by atoms with E-state index >= 15 is 0 Å². The molecule has 0 saturated heterocycles. The van der Waals surface area contributed by atoms with Gasteiger partial charge in [-0.05, 0) is 24.3 Å². The number of nitrogens with zero attached hydrogens (tertiary/aromatic N) is 3. The zero-order valence-corrected chi connectivity index (χ0v) is 12.7. The van der Waals surface area contributed by atoms with Crippen molar-refractivity contribution in [2.24, 2.45) is 0 Å². The normalized spacial score (nSPS) is 14.3. The second-order valence-electron chi connectivity index (χ2n) is 4.79. The molecule has 0 fully saturated rings. The summed E-state index contributed by atoms with van der Waals surface area (Å²) in [5, 5.41) is 0.617. The molecule has 2 aromatic rings. The highest BCUT2D eigenvalue weighted by Gasteiger charge is 2.22. The van der Waals surface area contributed by atoms with Crippen molar-refractivity contribution >= 4 is 40.4 Å². The number of aromatic nitrogens is 1. The molecule has 0 atom stereocenters. The molecule has 1 aromatic heterocycles. The van der Waals surface area contributed by atoms with Gasteiger partial charge in [-0.15, -0.1) is 11.6 Å². The van der Waals surface area contributed by atoms with E-state index in [2.05, 4.69) is 40.0 Å². The lowest BCUT2D eigenvalue weighted by Gasteiger charge is -2.36. The van der Waals surface area contributed by atoms with E-state index in [1.807, 2.05) is 18.2 Å². The standard InChI is InChI=1S/C15H15Cl2N3/c1-19-8-9-20(14-5-3-2-4-13(14)19)15-7-6-11(17)12(10-16)18-15/h2-7H,8-10H2,1H3. The molecule has 20 heavy (non-hydrogen) atoms. The summed E-state index contributed by atoms with van der Waals surface area (Å²) in [6, 6.07) is 12.1. The molecule has 3 nitrogen and oxygen atoms in total. The van der Waals surface area contributed by atoms with Crippen LogP contribution < -0.4 is 9.80 Å². The van der Waals surface area contributed by atoms with Crippen molar-refractivity contribution in [3.8, 4) is 0 Å². The minimum Gasteiger partial charge on any atom is -0.371 e. The third-order valence-electron chi connectivity index (χ3n) is 3.55. The molecule has 0 amide bonds. The topological polar surface area (TPSA) is 19.4 Å². The smallest absolute Gasteiger partial charge is 0.133 e. The van der Waals surface area contributed by atoms with Gasteiger partial charge in [0.2, 0.25) is 0 Å². The van der Waals surface area contributed by atoms with Gasteiger partial charge >= 0.3 is 0 Å². The third kappa shape index (κ3) is 2.32. The SMILES string of the molecule is CN1CCN(c2ccc(Cl)c(CCl)n2)c2ccccc21. The summed E-state index contributed by atoms with van der Waals surface area (Å²) < 4.78 is 0. The van der Waals surface area contributed by atoms with Crippen LogP contribution in [0.25, 0.3) is 0 Å². The number of halogens is 2. The van der Waals surface area contributed by atoms with Crippen molar-refractivity contribution in [3.05, 3.63) is 47.1 Å². The minimum absolute atomic E-state index is 0.321. The highest BCUT2D eigenvalue weighted by atomic mass is 35.5. The zero-order valence-electron chi connectivity index (χ0n) is 11.2. The highest BCUT2D eigenvalue weighted by Crippen LogP contribution is 2.36. The molecule has 1 aliphatic rings. The van der Waals surface area contributed by atoms with Crippen LogP contribution in [-0.4, -0.2) is 25.1 Å². The molecule has 5 heteroatoms. The molecule has 0 saturated carbocycles. The molecule has 104 valence electrons. The van der Waals surface area contributed by atoms with E-state index in [-0.39, 0.29) is 0 Å². The van der Waals surface area contributed by atoms with Crippen LogP contribution in [-0.2, 0) is 5.88 Å². The number of pyridine rings is 1. The second-order valence-corrected chi connectivity index (χ2v) is 5.47. The number of benzene rings is 1. The number of fused-ring (bicyclic) bond motifs is 1. The molecular formula is C15H15Cl2N3. The van der Waals surface area contributed by atoms with Gasteiger partial charge in [0.25, 0.3) is 0 Å². The summed E-state index contributed by atoms with van der Waals surface area (Å²) in [6.45, 7) is 1.85. The Balaban J connectivity index is 2.05. The van der Waals surface area contributed by atoms with Crippen molar-refractivity contribution < 1.29 is 0 Å². The Labute approximate surface area is 128 Å². The summed E-state index contributed by atoms with van der Waals surface area (Å²) in [4.78, 5) is 9.05. The summed E-state index contributed by atoms with van der Waals surface area (Å²) >= 11 is 12.0. The van der Waals surface area contributed by atoms with Gasteiger partial charge in [0, 0.05) is 20.1 Å². The minimum atomic E-state index is 0.321. The Kier molecular flexibility index (Phi) is 3.72. The fourth-order valence-corrected chi connectivity index (χ4v) is 2.91. The average Bonchev–Trinajstić information content (AvgIpc) is 2.49. The Morgan fingerprint density at radius 1 is 1.10 bits per heavy atom. The number of rotatable bonds is 2. The van der Waals surface area contributed by atoms with Gasteiger partial charge in [-0.25, -0.2) is 4.98 Å². The summed E-state index contributed by atoms with van der Waals surface area (Å²) in [6.07, 6.45) is 0. The van der Waals surface area contributed by atoms with Gasteiger partial charge in [-0.1, -0.05) is 23.7 Å². The van der Waals surface area contributed by atoms with E-state index in [9.17, 15) is 0 Å². The first-order valence-electron chi connectivity index (χ1n) is 6.50. The van der Waals surface area contributed by atoms with E-state index in [1.165, 1.54) is 5.69 Å². The molecule has 2 heterocycles. The van der Waals surface area contributed by atoms with Gasteiger partial charge in [0.1, 0.15) is 5.82 Å². The molecule has 3 rings (SSSR count). The summed E-state index contributed by atoms with van der Waals surface area (Å²) in [5.41, 5.74) is 3.10. The third-order valence-corrected chi connectivity index (χ3v) is 4.15. The largest absolute Gasteiger partial charge is 0.371 e. The van der Waals surface area contributed by atoms with Gasteiger partial charge in [-0.2, -0.15) is 0 Å². The van der Waals surface area contributed by atoms with E-state index in [0.717, 1.165) is 30.3 Å². The van der Waals surface area contributed by atoms with Gasteiger partial charge in [0.15, 0.2) is 0 Å². The molecule has 1 aromatic carbocycles. The zero-order chi connectivity index (χ0) is 14.1. The van der Waals surface area contributed by atoms with Crippen molar-refractivity contribution in [2.45, 2.75) is 5.88 Å². The predicted octanol–water partition coefficient (Wildman–Crippen LogP) is 4.06. The first-order chi connectivity index (χ1) is 9.70. The molecule has 0 aliphatic carbocycles. The van der Waals surface area contributed by atoms with E-state index in [1.54, 1.807) is 0 Å². The lowest BCUT2D eigenvalue weighted by Crippen LogP contribution is -2.36. The Bertz CT molecular complexity index is 630. The number of anilines is 3. The predicted molar refractivity (Wildman–Crippen MR) is 85.5 cm³/mol. The second kappa shape index (κ2) is 5.51. The lowest BCUT2D eigenvalue weighted by atomic mass is 10.1. The van der Waals surface area contributed by atoms with Gasteiger partial charge in [-0.3, -0.25) is 0 Å². The fraction of sp³-hybridized carbons (Fsp3) is 0.267. The van der Waals surface area contributed by atoms with Crippen LogP contribution in [0, 0.1) is 0 Å². The molecule has 0 spiro atoms. The maximum atomic E-state index is 6.08. The first-order valence-corrected chi connectivity index (χ1v) is 7.41. The molecular weight excluding hydrogens is 293 g/mol. The van der Waals surface area contributed by atoms with Crippen molar-refractivity contribution in [3.63, 3.8) is 0 Å². The van der Waals surface area contributed by atoms with Gasteiger partial charge in [0.05, 0.1) is 28.0 Å². The van der Waals surface area contributed by atoms with Crippen LogP contribution in [0.15, 0.2) is 36.4 Å². The van der Waals surface area contributed by atoms with Crippen LogP contribution in [0.4, 0.5) is 17.2 Å². The number of hydrogen-bond acceptors (Lipinski definition) is 3. The fourth-order valence-electron chi connectivity index (χ4n) is 2.46. The molecule has 0 radical (unpaired) electrons. The number of likely N-dealkylation sites (N-methyl/N-ethyl adjacent to an activating group) is 1. The lowest BCUT2D eigenvalue weighted by molar-refractivity contribution is 0.811. The number of para-hydroxylation sites is 2. The Hall–Kier alpha value is -1.45. The molecule has 1 aliphatic heterocycles. The van der Waals surface area contributed by atoms with Crippen LogP contribution >= 0.6 is 23.2 Å². The maximum absolute atomic E-state index is 6.08. The Morgan fingerprint density at radius 2 is 1.85 bits per heavy atom. The van der Waals surface area contributed by atoms with Crippen LogP contribution in [0.1, 0.15) is 5.69 Å². The molecule has 0 unspecified atom stereocenters. The van der Waals surface area contributed by atoms with Crippen molar-refractivity contribution in [1.82, 2.24) is 4.98 Å². The van der Waals surface area contributed by atoms with E-state index in [0.29, 0.717) is 10.9 Å². The molecule has 0 N–H and O–H groups in total.